The fraction of sp³-hybridized carbons (Fsp3) is 0.636. The topological polar surface area (TPSA) is 51.2 Å². The van der Waals surface area contributed by atoms with E-state index in [-0.39, 0.29) is 30.0 Å². The number of hydrogen-bond acceptors (Lipinski definition) is 3. The average Bonchev–Trinajstić information content (AvgIpc) is 3.28. The summed E-state index contributed by atoms with van der Waals surface area (Å²) < 4.78 is 0. The van der Waals surface area contributed by atoms with Crippen LogP contribution in [-0.4, -0.2) is 85.0 Å². The molecule has 0 saturated carbocycles. The largest absolute Gasteiger partial charge is 0.357 e. The van der Waals surface area contributed by atoms with Gasteiger partial charge in [0, 0.05) is 52.4 Å². The summed E-state index contributed by atoms with van der Waals surface area (Å²) >= 11 is 0. The summed E-state index contributed by atoms with van der Waals surface area (Å²) in [4.78, 5) is 24.2. The second-order valence-electron chi connectivity index (χ2n) is 7.70. The number of halogens is 1. The van der Waals surface area contributed by atoms with Crippen molar-refractivity contribution in [3.8, 4) is 0 Å². The lowest BCUT2D eigenvalue weighted by Gasteiger charge is -2.39. The lowest BCUT2D eigenvalue weighted by Crippen LogP contribution is -2.57. The highest BCUT2D eigenvalue weighted by molar-refractivity contribution is 14.0. The van der Waals surface area contributed by atoms with E-state index >= 15 is 0 Å². The number of guanidine groups is 1. The number of likely N-dealkylation sites (tertiary alicyclic amines) is 1. The number of carbonyl (C=O) groups is 1. The van der Waals surface area contributed by atoms with Crippen molar-refractivity contribution in [2.45, 2.75) is 39.2 Å². The highest BCUT2D eigenvalue weighted by Crippen LogP contribution is 2.14. The van der Waals surface area contributed by atoms with Crippen LogP contribution in [0.15, 0.2) is 35.3 Å². The van der Waals surface area contributed by atoms with Crippen molar-refractivity contribution < 1.29 is 4.79 Å². The Morgan fingerprint density at radius 1 is 1.03 bits per heavy atom. The maximum Gasteiger partial charge on any atom is 0.239 e. The normalized spacial score (nSPS) is 19.0. The van der Waals surface area contributed by atoms with Gasteiger partial charge in [-0.15, -0.1) is 24.0 Å². The molecule has 0 aliphatic carbocycles. The number of piperazine rings is 1. The molecule has 3 rings (SSSR count). The van der Waals surface area contributed by atoms with Gasteiger partial charge in [-0.3, -0.25) is 14.7 Å². The molecule has 0 bridgehead atoms. The Morgan fingerprint density at radius 3 is 2.31 bits per heavy atom. The van der Waals surface area contributed by atoms with E-state index in [1.807, 2.05) is 11.0 Å². The van der Waals surface area contributed by atoms with E-state index < -0.39 is 0 Å². The molecule has 1 aromatic carbocycles. The molecular formula is C22H36IN5O. The number of carbonyl (C=O) groups excluding carboxylic acids is 1. The number of rotatable bonds is 6. The number of aliphatic imine (C=N–C) groups is 1. The quantitative estimate of drug-likeness (QED) is 0.361. The molecule has 29 heavy (non-hydrogen) atoms. The summed E-state index contributed by atoms with van der Waals surface area (Å²) in [5, 5.41) is 3.43. The maximum atomic E-state index is 12.7. The van der Waals surface area contributed by atoms with Crippen molar-refractivity contribution in [1.29, 1.82) is 0 Å². The van der Waals surface area contributed by atoms with Crippen LogP contribution >= 0.6 is 24.0 Å². The molecule has 2 aliphatic rings. The third-order valence-electron chi connectivity index (χ3n) is 5.78. The van der Waals surface area contributed by atoms with Crippen LogP contribution in [0.25, 0.3) is 0 Å². The molecule has 1 unspecified atom stereocenters. The van der Waals surface area contributed by atoms with Gasteiger partial charge in [-0.2, -0.15) is 0 Å². The van der Waals surface area contributed by atoms with Crippen molar-refractivity contribution >= 4 is 35.8 Å². The highest BCUT2D eigenvalue weighted by Gasteiger charge is 2.30. The molecule has 7 heteroatoms. The van der Waals surface area contributed by atoms with Crippen molar-refractivity contribution in [1.82, 2.24) is 20.0 Å². The van der Waals surface area contributed by atoms with Gasteiger partial charge >= 0.3 is 0 Å². The zero-order valence-electron chi connectivity index (χ0n) is 17.8. The second-order valence-corrected chi connectivity index (χ2v) is 7.70. The molecule has 6 nitrogen and oxygen atoms in total. The Hall–Kier alpha value is -1.35. The van der Waals surface area contributed by atoms with Crippen molar-refractivity contribution in [3.63, 3.8) is 0 Å². The molecule has 2 aliphatic heterocycles. The summed E-state index contributed by atoms with van der Waals surface area (Å²) in [7, 11) is 0. The Bertz CT molecular complexity index is 640. The molecule has 2 heterocycles. The van der Waals surface area contributed by atoms with Gasteiger partial charge in [-0.1, -0.05) is 30.3 Å². The van der Waals surface area contributed by atoms with Gasteiger partial charge < -0.3 is 15.1 Å². The molecule has 1 atom stereocenters. The first-order valence-electron chi connectivity index (χ1n) is 10.8. The molecule has 2 saturated heterocycles. The number of amides is 1. The third-order valence-corrected chi connectivity index (χ3v) is 5.78. The number of nitrogens with zero attached hydrogens (tertiary/aromatic N) is 4. The monoisotopic (exact) mass is 513 g/mol. The first-order chi connectivity index (χ1) is 13.7. The second kappa shape index (κ2) is 12.4. The first kappa shape index (κ1) is 23.9. The van der Waals surface area contributed by atoms with Crippen LogP contribution in [0, 0.1) is 0 Å². The summed E-state index contributed by atoms with van der Waals surface area (Å²) in [6.45, 7) is 11.3. The van der Waals surface area contributed by atoms with Crippen LogP contribution in [0.3, 0.4) is 0 Å². The van der Waals surface area contributed by atoms with Crippen LogP contribution in [0.5, 0.6) is 0 Å². The minimum absolute atomic E-state index is 0. The zero-order valence-corrected chi connectivity index (χ0v) is 20.2. The summed E-state index contributed by atoms with van der Waals surface area (Å²) in [6.07, 6.45) is 3.26. The summed E-state index contributed by atoms with van der Waals surface area (Å²) in [5.74, 6) is 1.30. The molecule has 2 fully saturated rings. The van der Waals surface area contributed by atoms with Crippen molar-refractivity contribution in [2.75, 3.05) is 52.4 Å². The molecule has 162 valence electrons. The smallest absolute Gasteiger partial charge is 0.239 e. The summed E-state index contributed by atoms with van der Waals surface area (Å²) in [5.41, 5.74) is 1.32. The van der Waals surface area contributed by atoms with Gasteiger partial charge in [0.05, 0.1) is 6.04 Å². The van der Waals surface area contributed by atoms with Gasteiger partial charge in [0.1, 0.15) is 0 Å². The predicted octanol–water partition coefficient (Wildman–Crippen LogP) is 2.44. The third kappa shape index (κ3) is 6.84. The van der Waals surface area contributed by atoms with E-state index in [0.717, 1.165) is 77.6 Å². The van der Waals surface area contributed by atoms with E-state index in [1.165, 1.54) is 5.56 Å². The molecule has 1 amide bonds. The highest BCUT2D eigenvalue weighted by atomic mass is 127. The molecule has 0 aromatic heterocycles. The molecule has 0 spiro atoms. The molecule has 1 aromatic rings. The van der Waals surface area contributed by atoms with E-state index in [4.69, 9.17) is 4.99 Å². The molecule has 0 radical (unpaired) electrons. The van der Waals surface area contributed by atoms with E-state index in [1.54, 1.807) is 0 Å². The number of nitrogens with one attached hydrogen (secondary N) is 1. The van der Waals surface area contributed by atoms with E-state index in [9.17, 15) is 4.79 Å². The van der Waals surface area contributed by atoms with Crippen LogP contribution in [0.2, 0.25) is 0 Å². The van der Waals surface area contributed by atoms with Crippen LogP contribution < -0.4 is 5.32 Å². The van der Waals surface area contributed by atoms with Crippen LogP contribution in [0.1, 0.15) is 32.3 Å². The minimum atomic E-state index is -0.0159. The number of hydrogen-bond donors (Lipinski definition) is 1. The zero-order chi connectivity index (χ0) is 19.8. The fourth-order valence-corrected chi connectivity index (χ4v) is 4.04. The van der Waals surface area contributed by atoms with Gasteiger partial charge in [0.2, 0.25) is 5.91 Å². The Kier molecular flexibility index (Phi) is 10.2. The van der Waals surface area contributed by atoms with Gasteiger partial charge in [0.15, 0.2) is 5.96 Å². The van der Waals surface area contributed by atoms with Crippen molar-refractivity contribution in [2.24, 2.45) is 4.99 Å². The lowest BCUT2D eigenvalue weighted by atomic mass is 10.2. The Labute approximate surface area is 192 Å². The van der Waals surface area contributed by atoms with E-state index in [0.29, 0.717) is 5.91 Å². The van der Waals surface area contributed by atoms with Crippen LogP contribution in [-0.2, 0) is 11.2 Å². The Balaban J connectivity index is 0.00000300. The molecule has 1 N–H and O–H groups in total. The fourth-order valence-electron chi connectivity index (χ4n) is 4.04. The van der Waals surface area contributed by atoms with Gasteiger partial charge in [-0.25, -0.2) is 0 Å². The predicted molar refractivity (Wildman–Crippen MR) is 130 cm³/mol. The Morgan fingerprint density at radius 2 is 1.69 bits per heavy atom. The van der Waals surface area contributed by atoms with Gasteiger partial charge in [-0.05, 0) is 38.7 Å². The SMILES string of the molecule is CCNC(=NCCc1ccccc1)N1CCN(C(C)C(=O)N2CCCC2)CC1.I. The lowest BCUT2D eigenvalue weighted by molar-refractivity contribution is -0.135. The first-order valence-corrected chi connectivity index (χ1v) is 10.8. The maximum absolute atomic E-state index is 12.7. The van der Waals surface area contributed by atoms with Gasteiger partial charge in [0.25, 0.3) is 0 Å². The minimum Gasteiger partial charge on any atom is -0.357 e. The van der Waals surface area contributed by atoms with E-state index in [2.05, 4.69) is 53.2 Å². The number of benzene rings is 1. The van der Waals surface area contributed by atoms with Crippen molar-refractivity contribution in [3.05, 3.63) is 35.9 Å². The average molecular weight is 513 g/mol. The molecular weight excluding hydrogens is 477 g/mol. The summed E-state index contributed by atoms with van der Waals surface area (Å²) in [6, 6.07) is 10.5. The van der Waals surface area contributed by atoms with Crippen LogP contribution in [0.4, 0.5) is 0 Å². The standard InChI is InChI=1S/C22H35N5O.HI/c1-3-23-22(24-12-11-20-9-5-4-6-10-20)27-17-15-25(16-18-27)19(2)21(28)26-13-7-8-14-26;/h4-6,9-10,19H,3,7-8,11-18H2,1-2H3,(H,23,24);1H.